The number of anilines is 2. The molecule has 8 nitrogen and oxygen atoms in total. The number of likely N-dealkylation sites (N-methyl/N-ethyl adjacent to an activating group) is 1. The van der Waals surface area contributed by atoms with E-state index in [1.54, 1.807) is 13.2 Å². The molecule has 2 rings (SSSR count). The summed E-state index contributed by atoms with van der Waals surface area (Å²) in [5.74, 6) is 1.19. The van der Waals surface area contributed by atoms with Gasteiger partial charge in [0.2, 0.25) is 5.91 Å². The van der Waals surface area contributed by atoms with Gasteiger partial charge in [0.15, 0.2) is 5.82 Å². The zero-order valence-electron chi connectivity index (χ0n) is 12.3. The van der Waals surface area contributed by atoms with Crippen LogP contribution in [0.25, 0.3) is 0 Å². The van der Waals surface area contributed by atoms with Gasteiger partial charge >= 0.3 is 0 Å². The Morgan fingerprint density at radius 1 is 1.38 bits per heavy atom. The minimum absolute atomic E-state index is 0.134. The van der Waals surface area contributed by atoms with Gasteiger partial charge in [0, 0.05) is 26.8 Å². The fraction of sp³-hybridized carbons (Fsp3) is 0.538. The number of aromatic nitrogens is 2. The molecule has 0 aliphatic carbocycles. The van der Waals surface area contributed by atoms with E-state index in [4.69, 9.17) is 4.74 Å². The number of likely N-dealkylation sites (tertiary alicyclic amines) is 1. The molecule has 0 bridgehead atoms. The van der Waals surface area contributed by atoms with Gasteiger partial charge in [-0.3, -0.25) is 14.5 Å². The number of imide groups is 1. The Hall–Kier alpha value is -2.22. The summed E-state index contributed by atoms with van der Waals surface area (Å²) in [7, 11) is 3.04. The third-order valence-corrected chi connectivity index (χ3v) is 3.11. The number of hydrogen-bond donors (Lipinski definition) is 2. The average Bonchev–Trinajstić information content (AvgIpc) is 2.67. The monoisotopic (exact) mass is 293 g/mol. The average molecular weight is 293 g/mol. The molecule has 1 aliphatic rings. The fourth-order valence-electron chi connectivity index (χ4n) is 2.08. The Balaban J connectivity index is 2.18. The van der Waals surface area contributed by atoms with Crippen LogP contribution in [0.3, 0.4) is 0 Å². The van der Waals surface area contributed by atoms with Crippen molar-refractivity contribution in [3.63, 3.8) is 0 Å². The van der Waals surface area contributed by atoms with Crippen molar-refractivity contribution in [2.24, 2.45) is 0 Å². The molecule has 1 saturated heterocycles. The van der Waals surface area contributed by atoms with Gasteiger partial charge in [-0.1, -0.05) is 0 Å². The lowest BCUT2D eigenvalue weighted by Crippen LogP contribution is -2.32. The molecule has 1 fully saturated rings. The number of carbonyl (C=O) groups is 2. The van der Waals surface area contributed by atoms with E-state index < -0.39 is 6.04 Å². The Kier molecular flexibility index (Phi) is 4.69. The number of hydrogen-bond acceptors (Lipinski definition) is 7. The van der Waals surface area contributed by atoms with E-state index in [-0.39, 0.29) is 24.8 Å². The van der Waals surface area contributed by atoms with Crippen LogP contribution >= 0.6 is 0 Å². The molecular weight excluding hydrogens is 274 g/mol. The molecule has 8 heteroatoms. The summed E-state index contributed by atoms with van der Waals surface area (Å²) in [6, 6.07) is 1.13. The number of carbonyl (C=O) groups excluding carboxylic acids is 2. The minimum atomic E-state index is -0.581. The van der Waals surface area contributed by atoms with E-state index in [2.05, 4.69) is 20.6 Å². The van der Waals surface area contributed by atoms with Gasteiger partial charge in [-0.25, -0.2) is 9.97 Å². The molecule has 1 unspecified atom stereocenters. The summed E-state index contributed by atoms with van der Waals surface area (Å²) in [6.45, 7) is 2.94. The summed E-state index contributed by atoms with van der Waals surface area (Å²) >= 11 is 0. The maximum absolute atomic E-state index is 11.9. The topological polar surface area (TPSA) is 96.5 Å². The molecule has 2 heterocycles. The van der Waals surface area contributed by atoms with Crippen molar-refractivity contribution >= 4 is 23.5 Å². The van der Waals surface area contributed by atoms with E-state index in [0.717, 1.165) is 4.90 Å². The fourth-order valence-corrected chi connectivity index (χ4v) is 2.08. The lowest BCUT2D eigenvalue weighted by Gasteiger charge is -2.14. The zero-order chi connectivity index (χ0) is 15.4. The van der Waals surface area contributed by atoms with Gasteiger partial charge in [-0.05, 0) is 6.92 Å². The van der Waals surface area contributed by atoms with Crippen molar-refractivity contribution in [3.8, 4) is 0 Å². The summed E-state index contributed by atoms with van der Waals surface area (Å²) in [5, 5.41) is 6.08. The third kappa shape index (κ3) is 3.46. The van der Waals surface area contributed by atoms with Gasteiger partial charge in [0.25, 0.3) is 5.91 Å². The van der Waals surface area contributed by atoms with Crippen LogP contribution in [0.15, 0.2) is 6.07 Å². The summed E-state index contributed by atoms with van der Waals surface area (Å²) < 4.78 is 5.03. The second-order valence-corrected chi connectivity index (χ2v) is 4.71. The number of methoxy groups -OCH3 is 1. The lowest BCUT2D eigenvalue weighted by molar-refractivity contribution is -0.136. The molecule has 0 radical (unpaired) electrons. The van der Waals surface area contributed by atoms with Crippen LogP contribution < -0.4 is 10.6 Å². The quantitative estimate of drug-likeness (QED) is 0.724. The predicted molar refractivity (Wildman–Crippen MR) is 76.7 cm³/mol. The number of nitrogens with one attached hydrogen (secondary N) is 2. The first kappa shape index (κ1) is 15.2. The van der Waals surface area contributed by atoms with Crippen molar-refractivity contribution in [3.05, 3.63) is 11.9 Å². The van der Waals surface area contributed by atoms with E-state index >= 15 is 0 Å². The van der Waals surface area contributed by atoms with Gasteiger partial charge in [0.1, 0.15) is 24.3 Å². The second-order valence-electron chi connectivity index (χ2n) is 4.71. The molecular formula is C13H19N5O3. The molecule has 1 aromatic heterocycles. The van der Waals surface area contributed by atoms with Crippen molar-refractivity contribution < 1.29 is 14.3 Å². The van der Waals surface area contributed by atoms with Crippen LogP contribution in [0.4, 0.5) is 11.6 Å². The lowest BCUT2D eigenvalue weighted by atomic mass is 10.2. The Morgan fingerprint density at radius 2 is 2.10 bits per heavy atom. The standard InChI is InChI=1S/C13H19N5O3/c1-4-14-9-6-10(17-11(16-9)7-21-3)15-8-5-12(19)18(2)13(8)20/h6,8H,4-5,7H2,1-3H3,(H2,14,15,16,17). The molecule has 2 N–H and O–H groups in total. The number of nitrogens with zero attached hydrogens (tertiary/aromatic N) is 3. The summed E-state index contributed by atoms with van der Waals surface area (Å²) in [6.07, 6.45) is 0.134. The van der Waals surface area contributed by atoms with Crippen molar-refractivity contribution in [2.75, 3.05) is 31.3 Å². The molecule has 0 saturated carbocycles. The van der Waals surface area contributed by atoms with Gasteiger partial charge in [-0.15, -0.1) is 0 Å². The molecule has 0 spiro atoms. The highest BCUT2D eigenvalue weighted by Crippen LogP contribution is 2.18. The van der Waals surface area contributed by atoms with Crippen LogP contribution in [0.2, 0.25) is 0 Å². The van der Waals surface area contributed by atoms with Gasteiger partial charge in [-0.2, -0.15) is 0 Å². The predicted octanol–water partition coefficient (Wildman–Crippen LogP) is 0.224. The van der Waals surface area contributed by atoms with Crippen molar-refractivity contribution in [1.29, 1.82) is 0 Å². The highest BCUT2D eigenvalue weighted by Gasteiger charge is 2.36. The smallest absolute Gasteiger partial charge is 0.251 e. The van der Waals surface area contributed by atoms with E-state index in [1.807, 2.05) is 6.92 Å². The number of ether oxygens (including phenoxy) is 1. The molecule has 114 valence electrons. The highest BCUT2D eigenvalue weighted by molar-refractivity contribution is 6.06. The number of amides is 2. The first-order valence-electron chi connectivity index (χ1n) is 6.72. The highest BCUT2D eigenvalue weighted by atomic mass is 16.5. The first-order valence-corrected chi connectivity index (χ1v) is 6.72. The minimum Gasteiger partial charge on any atom is -0.377 e. The molecule has 1 atom stereocenters. The number of rotatable bonds is 6. The Bertz CT molecular complexity index is 524. The molecule has 21 heavy (non-hydrogen) atoms. The van der Waals surface area contributed by atoms with Gasteiger partial charge < -0.3 is 15.4 Å². The molecule has 1 aliphatic heterocycles. The largest absolute Gasteiger partial charge is 0.377 e. The van der Waals surface area contributed by atoms with Crippen LogP contribution in [-0.2, 0) is 20.9 Å². The van der Waals surface area contributed by atoms with Crippen LogP contribution in [0.5, 0.6) is 0 Å². The maximum Gasteiger partial charge on any atom is 0.251 e. The van der Waals surface area contributed by atoms with E-state index in [9.17, 15) is 9.59 Å². The normalized spacial score (nSPS) is 18.2. The second kappa shape index (κ2) is 6.49. The summed E-state index contributed by atoms with van der Waals surface area (Å²) in [5.41, 5.74) is 0. The van der Waals surface area contributed by atoms with Gasteiger partial charge in [0.05, 0.1) is 6.42 Å². The SMILES string of the molecule is CCNc1cc(NC2CC(=O)N(C)C2=O)nc(COC)n1. The third-order valence-electron chi connectivity index (χ3n) is 3.11. The van der Waals surface area contributed by atoms with Crippen LogP contribution in [0, 0.1) is 0 Å². The zero-order valence-corrected chi connectivity index (χ0v) is 12.3. The maximum atomic E-state index is 11.9. The molecule has 1 aromatic rings. The van der Waals surface area contributed by atoms with Crippen molar-refractivity contribution in [2.45, 2.75) is 26.0 Å². The van der Waals surface area contributed by atoms with E-state index in [1.165, 1.54) is 7.05 Å². The van der Waals surface area contributed by atoms with Crippen molar-refractivity contribution in [1.82, 2.24) is 14.9 Å². The Labute approximate surface area is 122 Å². The summed E-state index contributed by atoms with van der Waals surface area (Å²) in [4.78, 5) is 33.1. The molecule has 2 amide bonds. The van der Waals surface area contributed by atoms with Crippen LogP contribution in [-0.4, -0.2) is 53.4 Å². The first-order chi connectivity index (χ1) is 10.0. The molecule has 0 aromatic carbocycles. The van der Waals surface area contributed by atoms with E-state index in [0.29, 0.717) is 24.0 Å². The Morgan fingerprint density at radius 3 is 2.67 bits per heavy atom. The van der Waals surface area contributed by atoms with Crippen LogP contribution in [0.1, 0.15) is 19.2 Å².